The van der Waals surface area contributed by atoms with Crippen LogP contribution in [-0.4, -0.2) is 20.1 Å². The lowest BCUT2D eigenvalue weighted by atomic mass is 10.2. The zero-order valence-corrected chi connectivity index (χ0v) is 14.0. The molecule has 0 radical (unpaired) electrons. The first kappa shape index (κ1) is 15.7. The SMILES string of the molecule is COc1ccc(NC(=O)c2ccc(Br)cc2S)c(OC)c1. The van der Waals surface area contributed by atoms with Crippen molar-refractivity contribution < 1.29 is 14.3 Å². The van der Waals surface area contributed by atoms with Crippen LogP contribution in [0.15, 0.2) is 45.8 Å². The number of carbonyl (C=O) groups excluding carboxylic acids is 1. The average molecular weight is 368 g/mol. The molecule has 21 heavy (non-hydrogen) atoms. The molecule has 0 aromatic heterocycles. The topological polar surface area (TPSA) is 47.6 Å². The molecule has 2 rings (SSSR count). The molecule has 0 heterocycles. The van der Waals surface area contributed by atoms with Gasteiger partial charge in [0.05, 0.1) is 25.5 Å². The quantitative estimate of drug-likeness (QED) is 0.802. The molecule has 2 aromatic rings. The maximum absolute atomic E-state index is 12.3. The third kappa shape index (κ3) is 3.71. The Balaban J connectivity index is 2.27. The van der Waals surface area contributed by atoms with Gasteiger partial charge >= 0.3 is 0 Å². The van der Waals surface area contributed by atoms with Crippen LogP contribution in [0, 0.1) is 0 Å². The predicted octanol–water partition coefficient (Wildman–Crippen LogP) is 4.01. The number of nitrogens with one attached hydrogen (secondary N) is 1. The first-order valence-corrected chi connectivity index (χ1v) is 7.31. The highest BCUT2D eigenvalue weighted by atomic mass is 79.9. The summed E-state index contributed by atoms with van der Waals surface area (Å²) < 4.78 is 11.2. The third-order valence-electron chi connectivity index (χ3n) is 2.86. The van der Waals surface area contributed by atoms with Crippen molar-refractivity contribution in [2.24, 2.45) is 0 Å². The minimum absolute atomic E-state index is 0.254. The summed E-state index contributed by atoms with van der Waals surface area (Å²) >= 11 is 7.65. The van der Waals surface area contributed by atoms with E-state index in [9.17, 15) is 4.79 Å². The summed E-state index contributed by atoms with van der Waals surface area (Å²) in [7, 11) is 3.11. The van der Waals surface area contributed by atoms with Crippen LogP contribution in [-0.2, 0) is 0 Å². The van der Waals surface area contributed by atoms with Crippen LogP contribution < -0.4 is 14.8 Å². The molecule has 0 atom stereocenters. The minimum Gasteiger partial charge on any atom is -0.497 e. The van der Waals surface area contributed by atoms with Crippen molar-refractivity contribution in [1.29, 1.82) is 0 Å². The maximum Gasteiger partial charge on any atom is 0.256 e. The number of hydrogen-bond donors (Lipinski definition) is 2. The van der Waals surface area contributed by atoms with E-state index < -0.39 is 0 Å². The molecular formula is C15H14BrNO3S. The Labute approximate surface area is 137 Å². The lowest BCUT2D eigenvalue weighted by molar-refractivity contribution is 0.102. The molecule has 0 saturated heterocycles. The second kappa shape index (κ2) is 6.87. The fraction of sp³-hybridized carbons (Fsp3) is 0.133. The van der Waals surface area contributed by atoms with Gasteiger partial charge in [-0.15, -0.1) is 12.6 Å². The van der Waals surface area contributed by atoms with Gasteiger partial charge in [-0.2, -0.15) is 0 Å². The Morgan fingerprint density at radius 3 is 2.52 bits per heavy atom. The fourth-order valence-electron chi connectivity index (χ4n) is 1.79. The van der Waals surface area contributed by atoms with Gasteiger partial charge in [-0.1, -0.05) is 15.9 Å². The van der Waals surface area contributed by atoms with Crippen LogP contribution in [0.4, 0.5) is 5.69 Å². The van der Waals surface area contributed by atoms with Gasteiger partial charge in [-0.25, -0.2) is 0 Å². The highest BCUT2D eigenvalue weighted by molar-refractivity contribution is 9.10. The average Bonchev–Trinajstić information content (AvgIpc) is 2.47. The summed E-state index contributed by atoms with van der Waals surface area (Å²) in [5.74, 6) is 0.930. The lowest BCUT2D eigenvalue weighted by Gasteiger charge is -2.12. The van der Waals surface area contributed by atoms with Crippen molar-refractivity contribution in [1.82, 2.24) is 0 Å². The molecule has 4 nitrogen and oxygen atoms in total. The van der Waals surface area contributed by atoms with Gasteiger partial charge in [0.2, 0.25) is 0 Å². The van der Waals surface area contributed by atoms with E-state index in [4.69, 9.17) is 9.47 Å². The van der Waals surface area contributed by atoms with E-state index in [2.05, 4.69) is 33.9 Å². The number of halogens is 1. The molecule has 1 amide bonds. The minimum atomic E-state index is -0.254. The molecule has 0 spiro atoms. The first-order valence-electron chi connectivity index (χ1n) is 6.07. The number of ether oxygens (including phenoxy) is 2. The highest BCUT2D eigenvalue weighted by Crippen LogP contribution is 2.30. The van der Waals surface area contributed by atoms with Crippen LogP contribution in [0.25, 0.3) is 0 Å². The maximum atomic E-state index is 12.3. The highest BCUT2D eigenvalue weighted by Gasteiger charge is 2.13. The second-order valence-electron chi connectivity index (χ2n) is 4.18. The molecule has 2 aromatic carbocycles. The van der Waals surface area contributed by atoms with Crippen LogP contribution in [0.2, 0.25) is 0 Å². The van der Waals surface area contributed by atoms with Gasteiger partial charge < -0.3 is 14.8 Å². The molecule has 0 bridgehead atoms. The summed E-state index contributed by atoms with van der Waals surface area (Å²) in [5.41, 5.74) is 1.05. The van der Waals surface area contributed by atoms with Gasteiger partial charge in [-0.3, -0.25) is 4.79 Å². The van der Waals surface area contributed by atoms with Crippen molar-refractivity contribution in [2.45, 2.75) is 4.90 Å². The number of hydrogen-bond acceptors (Lipinski definition) is 4. The van der Waals surface area contributed by atoms with E-state index in [0.717, 1.165) is 4.47 Å². The van der Waals surface area contributed by atoms with Crippen molar-refractivity contribution in [3.8, 4) is 11.5 Å². The molecule has 0 aliphatic heterocycles. The monoisotopic (exact) mass is 367 g/mol. The zero-order valence-electron chi connectivity index (χ0n) is 11.5. The normalized spacial score (nSPS) is 10.1. The molecule has 1 N–H and O–H groups in total. The Bertz CT molecular complexity index is 676. The summed E-state index contributed by atoms with van der Waals surface area (Å²) in [6.45, 7) is 0. The molecule has 0 aliphatic rings. The zero-order chi connectivity index (χ0) is 15.4. The van der Waals surface area contributed by atoms with E-state index in [1.54, 1.807) is 43.5 Å². The van der Waals surface area contributed by atoms with Crippen molar-refractivity contribution in [3.63, 3.8) is 0 Å². The molecule has 0 unspecified atom stereocenters. The number of thiol groups is 1. The van der Waals surface area contributed by atoms with E-state index in [1.807, 2.05) is 0 Å². The molecule has 0 aliphatic carbocycles. The second-order valence-corrected chi connectivity index (χ2v) is 5.58. The number of amides is 1. The van der Waals surface area contributed by atoms with Crippen LogP contribution in [0.3, 0.4) is 0 Å². The standard InChI is InChI=1S/C15H14BrNO3S/c1-19-10-4-6-12(13(8-10)20-2)17-15(18)11-5-3-9(16)7-14(11)21/h3-8,21H,1-2H3,(H,17,18). The molecular weight excluding hydrogens is 354 g/mol. The summed E-state index contributed by atoms with van der Waals surface area (Å²) in [4.78, 5) is 12.9. The Morgan fingerprint density at radius 2 is 1.90 bits per heavy atom. The lowest BCUT2D eigenvalue weighted by Crippen LogP contribution is -2.13. The van der Waals surface area contributed by atoms with Crippen LogP contribution >= 0.6 is 28.6 Å². The number of methoxy groups -OCH3 is 2. The van der Waals surface area contributed by atoms with E-state index in [1.165, 1.54) is 7.11 Å². The van der Waals surface area contributed by atoms with Crippen LogP contribution in [0.1, 0.15) is 10.4 Å². The Morgan fingerprint density at radius 1 is 1.14 bits per heavy atom. The smallest absolute Gasteiger partial charge is 0.256 e. The fourth-order valence-corrected chi connectivity index (χ4v) is 2.64. The van der Waals surface area contributed by atoms with Gasteiger partial charge in [-0.05, 0) is 30.3 Å². The van der Waals surface area contributed by atoms with Gasteiger partial charge in [0.15, 0.2) is 0 Å². The van der Waals surface area contributed by atoms with Gasteiger partial charge in [0.1, 0.15) is 11.5 Å². The summed E-state index contributed by atoms with van der Waals surface area (Å²) in [6, 6.07) is 10.5. The molecule has 0 fully saturated rings. The first-order chi connectivity index (χ1) is 10.0. The summed E-state index contributed by atoms with van der Waals surface area (Å²) in [5, 5.41) is 2.81. The van der Waals surface area contributed by atoms with Crippen molar-refractivity contribution in [3.05, 3.63) is 46.4 Å². The molecule has 110 valence electrons. The van der Waals surface area contributed by atoms with Crippen molar-refractivity contribution >= 4 is 40.2 Å². The van der Waals surface area contributed by atoms with Crippen molar-refractivity contribution in [2.75, 3.05) is 19.5 Å². The molecule has 6 heteroatoms. The van der Waals surface area contributed by atoms with E-state index in [-0.39, 0.29) is 5.91 Å². The number of anilines is 1. The Kier molecular flexibility index (Phi) is 5.14. The number of rotatable bonds is 4. The van der Waals surface area contributed by atoms with Gasteiger partial charge in [0.25, 0.3) is 5.91 Å². The molecule has 0 saturated carbocycles. The van der Waals surface area contributed by atoms with E-state index in [0.29, 0.717) is 27.6 Å². The number of carbonyl (C=O) groups is 1. The third-order valence-corrected chi connectivity index (χ3v) is 3.72. The number of benzene rings is 2. The summed E-state index contributed by atoms with van der Waals surface area (Å²) in [6.07, 6.45) is 0. The largest absolute Gasteiger partial charge is 0.497 e. The Hall–Kier alpha value is -1.66. The van der Waals surface area contributed by atoms with E-state index >= 15 is 0 Å². The van der Waals surface area contributed by atoms with Crippen LogP contribution in [0.5, 0.6) is 11.5 Å². The van der Waals surface area contributed by atoms with Gasteiger partial charge in [0, 0.05) is 15.4 Å². The predicted molar refractivity (Wildman–Crippen MR) is 88.9 cm³/mol.